The number of hydrogen-bond donors (Lipinski definition) is 3. The van der Waals surface area contributed by atoms with Gasteiger partial charge in [-0.15, -0.1) is 11.3 Å². The maximum absolute atomic E-state index is 13.6. The van der Waals surface area contributed by atoms with E-state index in [1.54, 1.807) is 29.5 Å². The van der Waals surface area contributed by atoms with Gasteiger partial charge in [-0.05, 0) is 74.7 Å². The number of thiazole rings is 1. The smallest absolute Gasteiger partial charge is 0.254 e. The summed E-state index contributed by atoms with van der Waals surface area (Å²) in [6, 6.07) is 10.3. The predicted octanol–water partition coefficient (Wildman–Crippen LogP) is 4.76. The maximum Gasteiger partial charge on any atom is 0.254 e. The molecule has 0 radical (unpaired) electrons. The van der Waals surface area contributed by atoms with E-state index in [9.17, 15) is 14.7 Å². The van der Waals surface area contributed by atoms with Crippen molar-refractivity contribution in [3.8, 4) is 5.75 Å². The van der Waals surface area contributed by atoms with Crippen LogP contribution in [0.3, 0.4) is 0 Å². The Hall–Kier alpha value is -3.14. The fourth-order valence-corrected chi connectivity index (χ4v) is 5.76. The van der Waals surface area contributed by atoms with Gasteiger partial charge in [0.05, 0.1) is 6.04 Å². The van der Waals surface area contributed by atoms with Crippen LogP contribution in [0.5, 0.6) is 5.75 Å². The van der Waals surface area contributed by atoms with Gasteiger partial charge in [0.1, 0.15) is 10.8 Å². The number of likely N-dealkylation sites (tertiary alicyclic amines) is 1. The Morgan fingerprint density at radius 2 is 1.95 bits per heavy atom. The summed E-state index contributed by atoms with van der Waals surface area (Å²) in [6.07, 6.45) is 2.55. The van der Waals surface area contributed by atoms with E-state index in [0.717, 1.165) is 41.2 Å². The quantitative estimate of drug-likeness (QED) is 0.312. The Labute approximate surface area is 232 Å². The lowest BCUT2D eigenvalue weighted by Crippen LogP contribution is -2.31. The molecule has 1 aromatic heterocycles. The first-order chi connectivity index (χ1) is 18.2. The average molecular weight is 556 g/mol. The molecule has 1 atom stereocenters. The van der Waals surface area contributed by atoms with Crippen molar-refractivity contribution in [2.24, 2.45) is 0 Å². The van der Waals surface area contributed by atoms with Crippen LogP contribution in [-0.4, -0.2) is 60.5 Å². The molecule has 2 heterocycles. The van der Waals surface area contributed by atoms with Gasteiger partial charge in [0.25, 0.3) is 11.8 Å². The van der Waals surface area contributed by atoms with Crippen LogP contribution in [0.4, 0.5) is 5.69 Å². The molecule has 1 saturated heterocycles. The molecule has 1 fully saturated rings. The maximum atomic E-state index is 13.6. The van der Waals surface area contributed by atoms with Gasteiger partial charge >= 0.3 is 0 Å². The van der Waals surface area contributed by atoms with Gasteiger partial charge in [-0.25, -0.2) is 4.98 Å². The number of halogens is 1. The molecule has 3 aromatic rings. The van der Waals surface area contributed by atoms with Crippen molar-refractivity contribution >= 4 is 40.4 Å². The van der Waals surface area contributed by atoms with Crippen molar-refractivity contribution in [3.63, 3.8) is 0 Å². The van der Waals surface area contributed by atoms with E-state index in [4.69, 9.17) is 11.6 Å². The van der Waals surface area contributed by atoms with Crippen LogP contribution >= 0.6 is 22.9 Å². The number of nitrogens with one attached hydrogen (secondary N) is 2. The minimum absolute atomic E-state index is 0.0233. The molecule has 0 bridgehead atoms. The molecule has 3 N–H and O–H groups in total. The molecule has 8 nitrogen and oxygen atoms in total. The van der Waals surface area contributed by atoms with E-state index in [1.165, 1.54) is 6.07 Å². The molecule has 2 aromatic carbocycles. The molecule has 202 valence electrons. The highest BCUT2D eigenvalue weighted by atomic mass is 35.5. The van der Waals surface area contributed by atoms with Gasteiger partial charge in [0.2, 0.25) is 0 Å². The van der Waals surface area contributed by atoms with Crippen LogP contribution in [0, 0.1) is 6.92 Å². The molecule has 1 unspecified atom stereocenters. The van der Waals surface area contributed by atoms with Crippen LogP contribution in [0.15, 0.2) is 41.8 Å². The number of hydrogen-bond acceptors (Lipinski definition) is 7. The van der Waals surface area contributed by atoms with Crippen LogP contribution in [0.1, 0.15) is 62.3 Å². The molecule has 0 spiro atoms. The second-order valence-electron chi connectivity index (χ2n) is 9.75. The minimum Gasteiger partial charge on any atom is -0.508 e. The number of amides is 2. The molecule has 0 aliphatic carbocycles. The Kier molecular flexibility index (Phi) is 9.25. The summed E-state index contributed by atoms with van der Waals surface area (Å²) in [6.45, 7) is 4.38. The molecule has 38 heavy (non-hydrogen) atoms. The fraction of sp³-hybridized carbons (Fsp3) is 0.393. The number of aryl methyl sites for hydroxylation is 1. The lowest BCUT2D eigenvalue weighted by molar-refractivity contribution is 0.0735. The summed E-state index contributed by atoms with van der Waals surface area (Å²) in [4.78, 5) is 35.0. The van der Waals surface area contributed by atoms with Crippen molar-refractivity contribution in [1.82, 2.24) is 20.5 Å². The number of carbonyl (C=O) groups is 2. The van der Waals surface area contributed by atoms with Gasteiger partial charge in [-0.3, -0.25) is 9.59 Å². The van der Waals surface area contributed by atoms with Crippen molar-refractivity contribution < 1.29 is 14.7 Å². The predicted molar refractivity (Wildman–Crippen MR) is 152 cm³/mol. The summed E-state index contributed by atoms with van der Waals surface area (Å²) >= 11 is 7.57. The van der Waals surface area contributed by atoms with Crippen molar-refractivity contribution in [2.75, 3.05) is 38.6 Å². The van der Waals surface area contributed by atoms with Crippen LogP contribution in [-0.2, 0) is 6.54 Å². The highest BCUT2D eigenvalue weighted by Crippen LogP contribution is 2.35. The van der Waals surface area contributed by atoms with Crippen molar-refractivity contribution in [2.45, 2.75) is 38.8 Å². The van der Waals surface area contributed by atoms with E-state index < -0.39 is 0 Å². The molecule has 1 aliphatic rings. The monoisotopic (exact) mass is 555 g/mol. The number of rotatable bonds is 10. The third kappa shape index (κ3) is 7.03. The Morgan fingerprint density at radius 3 is 2.66 bits per heavy atom. The second-order valence-corrected chi connectivity index (χ2v) is 11.1. The first kappa shape index (κ1) is 27.9. The lowest BCUT2D eigenvalue weighted by Gasteiger charge is -2.24. The van der Waals surface area contributed by atoms with E-state index in [-0.39, 0.29) is 23.6 Å². The van der Waals surface area contributed by atoms with Gasteiger partial charge in [0, 0.05) is 66.6 Å². The zero-order valence-corrected chi connectivity index (χ0v) is 23.5. The molecule has 1 aliphatic heterocycles. The summed E-state index contributed by atoms with van der Waals surface area (Å²) in [5.41, 5.74) is 3.63. The van der Waals surface area contributed by atoms with Crippen LogP contribution < -0.4 is 15.5 Å². The van der Waals surface area contributed by atoms with Gasteiger partial charge in [-0.2, -0.15) is 0 Å². The highest BCUT2D eigenvalue weighted by Gasteiger charge is 2.33. The first-order valence-corrected chi connectivity index (χ1v) is 14.0. The normalized spacial score (nSPS) is 15.1. The summed E-state index contributed by atoms with van der Waals surface area (Å²) in [5, 5.41) is 19.4. The third-order valence-electron chi connectivity index (χ3n) is 6.47. The lowest BCUT2D eigenvalue weighted by atomic mass is 10.1. The third-order valence-corrected chi connectivity index (χ3v) is 7.75. The summed E-state index contributed by atoms with van der Waals surface area (Å²) in [7, 11) is 3.79. The van der Waals surface area contributed by atoms with E-state index in [1.807, 2.05) is 48.3 Å². The number of aromatic hydroxyl groups is 1. The largest absolute Gasteiger partial charge is 0.508 e. The molecule has 4 rings (SSSR count). The minimum atomic E-state index is -0.212. The average Bonchev–Trinajstić information content (AvgIpc) is 3.53. The number of aromatic nitrogens is 1. The van der Waals surface area contributed by atoms with Gasteiger partial charge < -0.3 is 25.5 Å². The SMILES string of the molecule is Cc1csc(C2CCCN2C(=O)c2cc(C(=O)NCCCNCc3cc(O)cc(Cl)c3)cc(N(C)C)c2)n1. The Balaban J connectivity index is 1.36. The van der Waals surface area contributed by atoms with E-state index in [2.05, 4.69) is 15.6 Å². The second kappa shape index (κ2) is 12.6. The highest BCUT2D eigenvalue weighted by molar-refractivity contribution is 7.09. The van der Waals surface area contributed by atoms with E-state index in [0.29, 0.717) is 42.3 Å². The van der Waals surface area contributed by atoms with Gasteiger partial charge in [-0.1, -0.05) is 11.6 Å². The van der Waals surface area contributed by atoms with E-state index >= 15 is 0 Å². The molecule has 2 amide bonds. The molecular formula is C28H34ClN5O3S. The number of benzene rings is 2. The Bertz CT molecular complexity index is 1270. The molecule has 10 heteroatoms. The number of anilines is 1. The van der Waals surface area contributed by atoms with Crippen LogP contribution in [0.2, 0.25) is 5.02 Å². The van der Waals surface area contributed by atoms with Crippen molar-refractivity contribution in [3.05, 3.63) is 74.2 Å². The molecule has 0 saturated carbocycles. The summed E-state index contributed by atoms with van der Waals surface area (Å²) in [5.74, 6) is -0.150. The zero-order chi connectivity index (χ0) is 27.2. The topological polar surface area (TPSA) is 97.8 Å². The number of nitrogens with zero attached hydrogens (tertiary/aromatic N) is 3. The van der Waals surface area contributed by atoms with Crippen molar-refractivity contribution in [1.29, 1.82) is 0 Å². The first-order valence-electron chi connectivity index (χ1n) is 12.7. The number of phenolic OH excluding ortho intramolecular Hbond substituents is 1. The van der Waals surface area contributed by atoms with Gasteiger partial charge in [0.15, 0.2) is 0 Å². The number of phenols is 1. The Morgan fingerprint density at radius 1 is 1.16 bits per heavy atom. The summed E-state index contributed by atoms with van der Waals surface area (Å²) < 4.78 is 0. The zero-order valence-electron chi connectivity index (χ0n) is 22.0. The standard InChI is InChI=1S/C28H34ClN5O3S/c1-18-17-38-27(32-18)25-6-4-9-34(25)28(37)21-12-20(13-23(14-21)33(2)3)26(36)31-8-5-7-30-16-19-10-22(29)15-24(35)11-19/h10-15,17,25,30,35H,4-9,16H2,1-3H3,(H,31,36). The molecular weight excluding hydrogens is 522 g/mol. The fourth-order valence-electron chi connectivity index (χ4n) is 4.57. The van der Waals surface area contributed by atoms with Crippen LogP contribution in [0.25, 0.3) is 0 Å². The number of carbonyl (C=O) groups excluding carboxylic acids is 2.